The first-order chi connectivity index (χ1) is 11.9. The van der Waals surface area contributed by atoms with Gasteiger partial charge in [-0.05, 0) is 37.6 Å². The summed E-state index contributed by atoms with van der Waals surface area (Å²) in [6.07, 6.45) is 0. The Hall–Kier alpha value is -1.70. The standard InChI is InChI=1S/C18H23NO4S2/c1-13-5-7-15(8-6-13)24-10-9-19-25(20,21)18-12-17(23-4)16(22-3)11-14(18)2/h5-8,11-12,19H,9-10H2,1-4H3. The Morgan fingerprint density at radius 1 is 1.00 bits per heavy atom. The highest BCUT2D eigenvalue weighted by Crippen LogP contribution is 2.32. The number of nitrogens with one attached hydrogen (secondary N) is 1. The summed E-state index contributed by atoms with van der Waals surface area (Å²) in [5.41, 5.74) is 1.81. The summed E-state index contributed by atoms with van der Waals surface area (Å²) in [4.78, 5) is 1.32. The van der Waals surface area contributed by atoms with Crippen molar-refractivity contribution in [2.45, 2.75) is 23.6 Å². The number of benzene rings is 2. The van der Waals surface area contributed by atoms with Gasteiger partial charge < -0.3 is 9.47 Å². The lowest BCUT2D eigenvalue weighted by Gasteiger charge is -2.13. The average Bonchev–Trinajstić information content (AvgIpc) is 2.59. The summed E-state index contributed by atoms with van der Waals surface area (Å²) in [6, 6.07) is 11.3. The molecule has 0 saturated heterocycles. The van der Waals surface area contributed by atoms with Gasteiger partial charge in [-0.3, -0.25) is 0 Å². The maximum Gasteiger partial charge on any atom is 0.240 e. The molecule has 2 aromatic rings. The number of rotatable bonds is 8. The van der Waals surface area contributed by atoms with Gasteiger partial charge >= 0.3 is 0 Å². The molecule has 0 fully saturated rings. The molecular weight excluding hydrogens is 358 g/mol. The second-order valence-corrected chi connectivity index (χ2v) is 8.44. The molecule has 5 nitrogen and oxygen atoms in total. The zero-order chi connectivity index (χ0) is 18.4. The van der Waals surface area contributed by atoms with Crippen LogP contribution in [0.2, 0.25) is 0 Å². The summed E-state index contributed by atoms with van der Waals surface area (Å²) in [6.45, 7) is 4.11. The van der Waals surface area contributed by atoms with Crippen molar-refractivity contribution < 1.29 is 17.9 Å². The van der Waals surface area contributed by atoms with Gasteiger partial charge in [0.2, 0.25) is 10.0 Å². The lowest BCUT2D eigenvalue weighted by Crippen LogP contribution is -2.26. The van der Waals surface area contributed by atoms with Crippen LogP contribution in [0, 0.1) is 13.8 Å². The van der Waals surface area contributed by atoms with E-state index in [2.05, 4.69) is 4.72 Å². The Kier molecular flexibility index (Phi) is 6.75. The van der Waals surface area contributed by atoms with Gasteiger partial charge in [-0.2, -0.15) is 0 Å². The van der Waals surface area contributed by atoms with Gasteiger partial charge in [-0.1, -0.05) is 17.7 Å². The Labute approximate surface area is 153 Å². The predicted octanol–water partition coefficient (Wildman–Crippen LogP) is 3.39. The van der Waals surface area contributed by atoms with Crippen molar-refractivity contribution in [2.24, 2.45) is 0 Å². The van der Waals surface area contributed by atoms with Crippen LogP contribution in [-0.4, -0.2) is 34.9 Å². The third-order valence-corrected chi connectivity index (χ3v) is 6.27. The average molecular weight is 382 g/mol. The summed E-state index contributed by atoms with van der Waals surface area (Å²) in [5.74, 6) is 1.55. The van der Waals surface area contributed by atoms with Crippen LogP contribution >= 0.6 is 11.8 Å². The first-order valence-electron chi connectivity index (χ1n) is 7.79. The molecule has 0 saturated carbocycles. The molecule has 0 amide bonds. The molecule has 0 heterocycles. The van der Waals surface area contributed by atoms with E-state index in [1.54, 1.807) is 24.8 Å². The van der Waals surface area contributed by atoms with Crippen LogP contribution in [0.4, 0.5) is 0 Å². The van der Waals surface area contributed by atoms with E-state index < -0.39 is 10.0 Å². The molecule has 0 radical (unpaired) electrons. The van der Waals surface area contributed by atoms with Gasteiger partial charge in [0, 0.05) is 23.3 Å². The Bertz CT molecular complexity index is 818. The highest BCUT2D eigenvalue weighted by Gasteiger charge is 2.19. The third kappa shape index (κ3) is 5.14. The maximum absolute atomic E-state index is 12.6. The van der Waals surface area contributed by atoms with Gasteiger partial charge in [0.1, 0.15) is 0 Å². The Morgan fingerprint density at radius 3 is 2.20 bits per heavy atom. The maximum atomic E-state index is 12.6. The van der Waals surface area contributed by atoms with E-state index in [0.717, 1.165) is 4.90 Å². The molecule has 0 aliphatic rings. The van der Waals surface area contributed by atoms with E-state index in [1.165, 1.54) is 25.8 Å². The second-order valence-electron chi connectivity index (χ2n) is 5.53. The predicted molar refractivity (Wildman–Crippen MR) is 101 cm³/mol. The van der Waals surface area contributed by atoms with Crippen molar-refractivity contribution in [3.63, 3.8) is 0 Å². The van der Waals surface area contributed by atoms with Crippen molar-refractivity contribution in [3.8, 4) is 11.5 Å². The minimum atomic E-state index is -3.61. The number of sulfonamides is 1. The molecule has 0 aliphatic carbocycles. The molecule has 0 spiro atoms. The molecule has 0 unspecified atom stereocenters. The molecule has 0 atom stereocenters. The largest absolute Gasteiger partial charge is 0.493 e. The minimum absolute atomic E-state index is 0.200. The summed E-state index contributed by atoms with van der Waals surface area (Å²) < 4.78 is 38.2. The Morgan fingerprint density at radius 2 is 1.60 bits per heavy atom. The quantitative estimate of drug-likeness (QED) is 0.561. The van der Waals surface area contributed by atoms with Gasteiger partial charge in [0.15, 0.2) is 11.5 Å². The van der Waals surface area contributed by atoms with E-state index in [9.17, 15) is 8.42 Å². The molecule has 2 rings (SSSR count). The zero-order valence-corrected chi connectivity index (χ0v) is 16.5. The van der Waals surface area contributed by atoms with Crippen LogP contribution in [0.1, 0.15) is 11.1 Å². The summed E-state index contributed by atoms with van der Waals surface area (Å²) in [7, 11) is -0.607. The fraction of sp³-hybridized carbons (Fsp3) is 0.333. The van der Waals surface area contributed by atoms with Crippen LogP contribution in [0.15, 0.2) is 46.2 Å². The monoisotopic (exact) mass is 381 g/mol. The van der Waals surface area contributed by atoms with Crippen molar-refractivity contribution in [2.75, 3.05) is 26.5 Å². The van der Waals surface area contributed by atoms with Gasteiger partial charge in [-0.15, -0.1) is 11.8 Å². The molecule has 0 aromatic heterocycles. The Balaban J connectivity index is 2.02. The molecular formula is C18H23NO4S2. The summed E-state index contributed by atoms with van der Waals surface area (Å²) >= 11 is 1.61. The van der Waals surface area contributed by atoms with Gasteiger partial charge in [0.25, 0.3) is 0 Å². The van der Waals surface area contributed by atoms with Crippen molar-refractivity contribution in [1.29, 1.82) is 0 Å². The first kappa shape index (κ1) is 19.6. The topological polar surface area (TPSA) is 64.6 Å². The molecule has 1 N–H and O–H groups in total. The molecule has 0 bridgehead atoms. The molecule has 25 heavy (non-hydrogen) atoms. The van der Waals surface area contributed by atoms with Crippen molar-refractivity contribution in [3.05, 3.63) is 47.5 Å². The van der Waals surface area contributed by atoms with E-state index in [-0.39, 0.29) is 4.90 Å². The number of thioether (sulfide) groups is 1. The van der Waals surface area contributed by atoms with Crippen LogP contribution < -0.4 is 14.2 Å². The number of methoxy groups -OCH3 is 2. The normalized spacial score (nSPS) is 11.4. The molecule has 136 valence electrons. The SMILES string of the molecule is COc1cc(C)c(S(=O)(=O)NCCSc2ccc(C)cc2)cc1OC. The smallest absolute Gasteiger partial charge is 0.240 e. The van der Waals surface area contributed by atoms with Crippen LogP contribution in [-0.2, 0) is 10.0 Å². The summed E-state index contributed by atoms with van der Waals surface area (Å²) in [5, 5.41) is 0. The fourth-order valence-corrected chi connectivity index (χ4v) is 4.48. The third-order valence-electron chi connectivity index (χ3n) is 3.65. The van der Waals surface area contributed by atoms with Crippen LogP contribution in [0.25, 0.3) is 0 Å². The van der Waals surface area contributed by atoms with E-state index in [1.807, 2.05) is 31.2 Å². The molecule has 7 heteroatoms. The number of ether oxygens (including phenoxy) is 2. The van der Waals surface area contributed by atoms with Gasteiger partial charge in [0.05, 0.1) is 19.1 Å². The molecule has 2 aromatic carbocycles. The number of hydrogen-bond acceptors (Lipinski definition) is 5. The number of aryl methyl sites for hydroxylation is 2. The first-order valence-corrected chi connectivity index (χ1v) is 10.3. The van der Waals surface area contributed by atoms with E-state index in [4.69, 9.17) is 9.47 Å². The highest BCUT2D eigenvalue weighted by atomic mass is 32.2. The number of hydrogen-bond donors (Lipinski definition) is 1. The highest BCUT2D eigenvalue weighted by molar-refractivity contribution is 7.99. The van der Waals surface area contributed by atoms with E-state index in [0.29, 0.717) is 29.4 Å². The van der Waals surface area contributed by atoms with Crippen molar-refractivity contribution >= 4 is 21.8 Å². The second kappa shape index (κ2) is 8.60. The molecule has 0 aliphatic heterocycles. The minimum Gasteiger partial charge on any atom is -0.493 e. The van der Waals surface area contributed by atoms with Crippen LogP contribution in [0.5, 0.6) is 11.5 Å². The van der Waals surface area contributed by atoms with Crippen LogP contribution in [0.3, 0.4) is 0 Å². The van der Waals surface area contributed by atoms with Crippen molar-refractivity contribution in [1.82, 2.24) is 4.72 Å². The zero-order valence-electron chi connectivity index (χ0n) is 14.8. The lowest BCUT2D eigenvalue weighted by molar-refractivity contribution is 0.353. The van der Waals surface area contributed by atoms with E-state index >= 15 is 0 Å². The van der Waals surface area contributed by atoms with Gasteiger partial charge in [-0.25, -0.2) is 13.1 Å². The fourth-order valence-electron chi connectivity index (χ4n) is 2.31. The lowest BCUT2D eigenvalue weighted by atomic mass is 10.2.